The van der Waals surface area contributed by atoms with Crippen molar-refractivity contribution in [1.29, 1.82) is 0 Å². The molecule has 122 valence electrons. The molecule has 0 aromatic heterocycles. The van der Waals surface area contributed by atoms with Crippen molar-refractivity contribution < 1.29 is 9.84 Å². The molecule has 0 amide bonds. The van der Waals surface area contributed by atoms with E-state index in [0.717, 1.165) is 13.0 Å². The van der Waals surface area contributed by atoms with Crippen LogP contribution in [0.3, 0.4) is 0 Å². The van der Waals surface area contributed by atoms with Gasteiger partial charge in [-0.05, 0) is 38.3 Å². The summed E-state index contributed by atoms with van der Waals surface area (Å²) in [7, 11) is 0. The highest BCUT2D eigenvalue weighted by Crippen LogP contribution is 2.16. The Morgan fingerprint density at radius 2 is 2.09 bits per heavy atom. The zero-order valence-electron chi connectivity index (χ0n) is 14.3. The van der Waals surface area contributed by atoms with Crippen LogP contribution in [0, 0.1) is 26.2 Å². The minimum atomic E-state index is -0.520. The summed E-state index contributed by atoms with van der Waals surface area (Å²) < 4.78 is 5.24. The van der Waals surface area contributed by atoms with Crippen molar-refractivity contribution in [2.24, 2.45) is 0 Å². The van der Waals surface area contributed by atoms with Crippen molar-refractivity contribution in [1.82, 2.24) is 4.90 Å². The monoisotopic (exact) mass is 303 g/mol. The first-order chi connectivity index (χ1) is 10.5. The number of ether oxygens (including phenoxy) is 1. The van der Waals surface area contributed by atoms with E-state index in [-0.39, 0.29) is 13.2 Å². The lowest BCUT2D eigenvalue weighted by Crippen LogP contribution is -2.40. The molecule has 0 aliphatic rings. The van der Waals surface area contributed by atoms with Gasteiger partial charge < -0.3 is 9.84 Å². The van der Waals surface area contributed by atoms with E-state index in [4.69, 9.17) is 11.2 Å². The smallest absolute Gasteiger partial charge is 0.107 e. The fourth-order valence-electron chi connectivity index (χ4n) is 2.48. The van der Waals surface area contributed by atoms with E-state index in [1.165, 1.54) is 16.7 Å². The van der Waals surface area contributed by atoms with Gasteiger partial charge in [0.05, 0.1) is 12.7 Å². The zero-order valence-corrected chi connectivity index (χ0v) is 14.3. The number of rotatable bonds is 9. The predicted octanol–water partition coefficient (Wildman–Crippen LogP) is 2.91. The first kappa shape index (κ1) is 18.7. The van der Waals surface area contributed by atoms with E-state index >= 15 is 0 Å². The molecule has 0 unspecified atom stereocenters. The number of nitrogens with zero attached hydrogens (tertiary/aromatic N) is 1. The van der Waals surface area contributed by atoms with E-state index in [1.807, 2.05) is 0 Å². The van der Waals surface area contributed by atoms with E-state index in [1.54, 1.807) is 0 Å². The number of aliphatic hydroxyl groups excluding tert-OH is 1. The summed E-state index contributed by atoms with van der Waals surface area (Å²) in [6.45, 7) is 10.6. The maximum absolute atomic E-state index is 10.1. The predicted molar refractivity (Wildman–Crippen MR) is 91.7 cm³/mol. The molecule has 0 fully saturated rings. The van der Waals surface area contributed by atoms with Gasteiger partial charge >= 0.3 is 0 Å². The lowest BCUT2D eigenvalue weighted by atomic mass is 10.0. The third kappa shape index (κ3) is 6.19. The number of aliphatic hydroxyl groups is 1. The van der Waals surface area contributed by atoms with Crippen molar-refractivity contribution in [3.63, 3.8) is 0 Å². The van der Waals surface area contributed by atoms with Crippen LogP contribution < -0.4 is 0 Å². The molecule has 0 saturated carbocycles. The van der Waals surface area contributed by atoms with Crippen molar-refractivity contribution in [3.8, 4) is 12.3 Å². The summed E-state index contributed by atoms with van der Waals surface area (Å²) in [5.41, 5.74) is 3.88. The quantitative estimate of drug-likeness (QED) is 0.562. The fraction of sp³-hybridized carbons (Fsp3) is 0.579. The summed E-state index contributed by atoms with van der Waals surface area (Å²) in [6, 6.07) is 6.93. The maximum atomic E-state index is 10.1. The van der Waals surface area contributed by atoms with E-state index in [2.05, 4.69) is 56.7 Å². The second-order valence-corrected chi connectivity index (χ2v) is 5.99. The van der Waals surface area contributed by atoms with Crippen LogP contribution in [0.4, 0.5) is 0 Å². The average Bonchev–Trinajstić information content (AvgIpc) is 2.48. The zero-order chi connectivity index (χ0) is 16.5. The van der Waals surface area contributed by atoms with Gasteiger partial charge in [-0.15, -0.1) is 6.42 Å². The van der Waals surface area contributed by atoms with Gasteiger partial charge in [-0.25, -0.2) is 0 Å². The SMILES string of the molecule is C#CCOC[C@H](O)CN(Cc1ccc(C)cc1C)[C@@H](C)CC. The van der Waals surface area contributed by atoms with Gasteiger partial charge in [0.2, 0.25) is 0 Å². The standard InChI is InChI=1S/C19H29NO2/c1-6-10-22-14-19(21)13-20(17(5)7-2)12-18-9-8-15(3)11-16(18)4/h1,8-9,11,17,19,21H,7,10,12-14H2,2-5H3/t17-,19+/m0/s1. The lowest BCUT2D eigenvalue weighted by Gasteiger charge is -2.31. The molecular weight excluding hydrogens is 274 g/mol. The highest BCUT2D eigenvalue weighted by atomic mass is 16.5. The van der Waals surface area contributed by atoms with Gasteiger partial charge in [0.15, 0.2) is 0 Å². The van der Waals surface area contributed by atoms with Gasteiger partial charge in [0.1, 0.15) is 6.61 Å². The number of aryl methyl sites for hydroxylation is 2. The largest absolute Gasteiger partial charge is 0.389 e. The average molecular weight is 303 g/mol. The van der Waals surface area contributed by atoms with Gasteiger partial charge in [0.25, 0.3) is 0 Å². The molecule has 1 N–H and O–H groups in total. The summed E-state index contributed by atoms with van der Waals surface area (Å²) in [6.07, 6.45) is 5.67. The molecule has 0 aliphatic carbocycles. The van der Waals surface area contributed by atoms with E-state index in [0.29, 0.717) is 12.6 Å². The first-order valence-corrected chi connectivity index (χ1v) is 7.97. The Balaban J connectivity index is 2.70. The van der Waals surface area contributed by atoms with Crippen molar-refractivity contribution in [2.75, 3.05) is 19.8 Å². The van der Waals surface area contributed by atoms with Gasteiger partial charge in [0, 0.05) is 19.1 Å². The van der Waals surface area contributed by atoms with E-state index < -0.39 is 6.10 Å². The van der Waals surface area contributed by atoms with Crippen LogP contribution in [0.25, 0.3) is 0 Å². The molecule has 1 aromatic carbocycles. The normalized spacial score (nSPS) is 13.9. The molecule has 0 bridgehead atoms. The molecule has 0 radical (unpaired) electrons. The molecule has 2 atom stereocenters. The molecule has 3 heteroatoms. The van der Waals surface area contributed by atoms with E-state index in [9.17, 15) is 5.11 Å². The van der Waals surface area contributed by atoms with Gasteiger partial charge in [-0.1, -0.05) is 36.6 Å². The van der Waals surface area contributed by atoms with Crippen LogP contribution in [0.15, 0.2) is 18.2 Å². The molecule has 0 aliphatic heterocycles. The molecule has 1 rings (SSSR count). The summed E-state index contributed by atoms with van der Waals surface area (Å²) in [4.78, 5) is 2.31. The third-order valence-electron chi connectivity index (χ3n) is 4.03. The highest BCUT2D eigenvalue weighted by molar-refractivity contribution is 5.30. The van der Waals surface area contributed by atoms with Crippen LogP contribution >= 0.6 is 0 Å². The third-order valence-corrected chi connectivity index (χ3v) is 4.03. The Morgan fingerprint density at radius 1 is 1.36 bits per heavy atom. The van der Waals surface area contributed by atoms with Crippen LogP contribution in [-0.4, -0.2) is 41.9 Å². The number of terminal acetylenes is 1. The Bertz CT molecular complexity index is 493. The summed E-state index contributed by atoms with van der Waals surface area (Å²) >= 11 is 0. The van der Waals surface area contributed by atoms with Gasteiger partial charge in [-0.3, -0.25) is 4.90 Å². The summed E-state index contributed by atoms with van der Waals surface area (Å²) in [5, 5.41) is 10.1. The van der Waals surface area contributed by atoms with Crippen molar-refractivity contribution in [2.45, 2.75) is 52.8 Å². The van der Waals surface area contributed by atoms with Crippen molar-refractivity contribution >= 4 is 0 Å². The topological polar surface area (TPSA) is 32.7 Å². The fourth-order valence-corrected chi connectivity index (χ4v) is 2.48. The number of benzene rings is 1. The number of hydrogen-bond donors (Lipinski definition) is 1. The maximum Gasteiger partial charge on any atom is 0.107 e. The van der Waals surface area contributed by atoms with Gasteiger partial charge in [-0.2, -0.15) is 0 Å². The summed E-state index contributed by atoms with van der Waals surface area (Å²) in [5.74, 6) is 2.42. The minimum absolute atomic E-state index is 0.247. The Morgan fingerprint density at radius 3 is 2.68 bits per heavy atom. The van der Waals surface area contributed by atoms with Crippen molar-refractivity contribution in [3.05, 3.63) is 34.9 Å². The second-order valence-electron chi connectivity index (χ2n) is 5.99. The highest BCUT2D eigenvalue weighted by Gasteiger charge is 2.18. The molecule has 0 heterocycles. The molecule has 0 saturated heterocycles. The molecule has 3 nitrogen and oxygen atoms in total. The van der Waals surface area contributed by atoms with Crippen LogP contribution in [0.1, 0.15) is 37.0 Å². The van der Waals surface area contributed by atoms with Crippen LogP contribution in [0.2, 0.25) is 0 Å². The molecule has 1 aromatic rings. The molecule has 0 spiro atoms. The number of hydrogen-bond acceptors (Lipinski definition) is 3. The van der Waals surface area contributed by atoms with Crippen LogP contribution in [-0.2, 0) is 11.3 Å². The Kier molecular flexibility index (Phi) is 8.19. The Hall–Kier alpha value is -1.34. The second kappa shape index (κ2) is 9.63. The molecular formula is C19H29NO2. The Labute approximate surface area is 135 Å². The van der Waals surface area contributed by atoms with Crippen LogP contribution in [0.5, 0.6) is 0 Å². The minimum Gasteiger partial charge on any atom is -0.389 e. The molecule has 22 heavy (non-hydrogen) atoms. The first-order valence-electron chi connectivity index (χ1n) is 7.97. The lowest BCUT2D eigenvalue weighted by molar-refractivity contribution is 0.0169.